The normalized spacial score (nSPS) is 34.0. The molecule has 0 spiro atoms. The van der Waals surface area contributed by atoms with Crippen molar-refractivity contribution in [2.75, 3.05) is 13.1 Å². The van der Waals surface area contributed by atoms with E-state index >= 15 is 0 Å². The molecule has 0 bridgehead atoms. The maximum Gasteiger partial charge on any atom is 0.0771 e. The van der Waals surface area contributed by atoms with Crippen LogP contribution >= 0.6 is 0 Å². The first kappa shape index (κ1) is 12.9. The molecule has 1 saturated carbocycles. The number of hydrogen-bond acceptors (Lipinski definition) is 3. The molecule has 1 fully saturated rings. The van der Waals surface area contributed by atoms with Crippen molar-refractivity contribution in [2.24, 2.45) is 5.92 Å². The number of nitrogens with one attached hydrogen (secondary N) is 1. The number of aliphatic hydroxyl groups excluding tert-OH is 1. The van der Waals surface area contributed by atoms with Gasteiger partial charge >= 0.3 is 0 Å². The van der Waals surface area contributed by atoms with E-state index in [4.69, 9.17) is 5.11 Å². The van der Waals surface area contributed by atoms with Gasteiger partial charge in [-0.15, -0.1) is 0 Å². The van der Waals surface area contributed by atoms with Crippen LogP contribution in [-0.4, -0.2) is 35.0 Å². The lowest BCUT2D eigenvalue weighted by atomic mass is 9.78. The Labute approximate surface area is 92.9 Å². The molecule has 0 radical (unpaired) electrons. The van der Waals surface area contributed by atoms with Gasteiger partial charge < -0.3 is 15.5 Å². The second-order valence-corrected chi connectivity index (χ2v) is 5.06. The first-order valence-corrected chi connectivity index (χ1v) is 6.17. The predicted octanol–water partition coefficient (Wildman–Crippen LogP) is 1.29. The van der Waals surface area contributed by atoms with Gasteiger partial charge in [-0.05, 0) is 38.5 Å². The van der Waals surface area contributed by atoms with E-state index in [0.717, 1.165) is 31.6 Å². The highest BCUT2D eigenvalue weighted by atomic mass is 16.3. The fourth-order valence-corrected chi connectivity index (χ4v) is 2.31. The molecule has 0 aliphatic heterocycles. The molecule has 0 unspecified atom stereocenters. The van der Waals surface area contributed by atoms with Gasteiger partial charge in [0, 0.05) is 13.1 Å². The summed E-state index contributed by atoms with van der Waals surface area (Å²) in [4.78, 5) is 0. The molecule has 0 aromatic heterocycles. The molecule has 90 valence electrons. The van der Waals surface area contributed by atoms with E-state index in [1.54, 1.807) is 6.92 Å². The van der Waals surface area contributed by atoms with Gasteiger partial charge in [0.25, 0.3) is 0 Å². The molecule has 1 rings (SSSR count). The Morgan fingerprint density at radius 3 is 2.47 bits per heavy atom. The average molecular weight is 215 g/mol. The quantitative estimate of drug-likeness (QED) is 0.648. The van der Waals surface area contributed by atoms with Crippen molar-refractivity contribution < 1.29 is 10.2 Å². The van der Waals surface area contributed by atoms with Crippen LogP contribution < -0.4 is 5.32 Å². The minimum absolute atomic E-state index is 0.333. The van der Waals surface area contributed by atoms with Gasteiger partial charge in [0.2, 0.25) is 0 Å². The molecule has 0 aromatic rings. The summed E-state index contributed by atoms with van der Waals surface area (Å²) < 4.78 is 0. The average Bonchev–Trinajstić information content (AvgIpc) is 2.18. The van der Waals surface area contributed by atoms with Crippen LogP contribution in [0.1, 0.15) is 46.0 Å². The van der Waals surface area contributed by atoms with E-state index < -0.39 is 5.60 Å². The monoisotopic (exact) mass is 215 g/mol. The van der Waals surface area contributed by atoms with E-state index in [2.05, 4.69) is 12.2 Å². The van der Waals surface area contributed by atoms with Crippen LogP contribution in [0.4, 0.5) is 0 Å². The Morgan fingerprint density at radius 1 is 1.40 bits per heavy atom. The Kier molecular flexibility index (Phi) is 5.03. The fourth-order valence-electron chi connectivity index (χ4n) is 2.31. The maximum atomic E-state index is 10.3. The first-order valence-electron chi connectivity index (χ1n) is 6.17. The Morgan fingerprint density at radius 2 is 2.00 bits per heavy atom. The standard InChI is InChI=1S/C12H25NO2/c1-3-11-4-6-12(15,7-5-11)9-13-8-10(2)14/h10-11,13-15H,3-9H2,1-2H3/t10-,11?,12?/m0/s1. The Balaban J connectivity index is 2.22. The Bertz CT molecular complexity index is 174. The van der Waals surface area contributed by atoms with Gasteiger partial charge in [-0.1, -0.05) is 13.3 Å². The number of aliphatic hydroxyl groups is 2. The molecule has 0 amide bonds. The largest absolute Gasteiger partial charge is 0.392 e. The summed E-state index contributed by atoms with van der Waals surface area (Å²) >= 11 is 0. The van der Waals surface area contributed by atoms with Crippen molar-refractivity contribution in [2.45, 2.75) is 57.7 Å². The van der Waals surface area contributed by atoms with Crippen molar-refractivity contribution in [3.8, 4) is 0 Å². The minimum Gasteiger partial charge on any atom is -0.392 e. The third-order valence-electron chi connectivity index (χ3n) is 3.51. The topological polar surface area (TPSA) is 52.5 Å². The highest BCUT2D eigenvalue weighted by Crippen LogP contribution is 2.33. The third kappa shape index (κ3) is 4.49. The number of hydrogen-bond donors (Lipinski definition) is 3. The summed E-state index contributed by atoms with van der Waals surface area (Å²) in [5.74, 6) is 0.807. The predicted molar refractivity (Wildman–Crippen MR) is 61.7 cm³/mol. The second kappa shape index (κ2) is 5.83. The van der Waals surface area contributed by atoms with Crippen molar-refractivity contribution in [1.29, 1.82) is 0 Å². The lowest BCUT2D eigenvalue weighted by Crippen LogP contribution is -2.45. The molecule has 0 saturated heterocycles. The molecule has 3 N–H and O–H groups in total. The van der Waals surface area contributed by atoms with E-state index in [1.807, 2.05) is 0 Å². The summed E-state index contributed by atoms with van der Waals surface area (Å²) in [6.45, 7) is 5.17. The zero-order chi connectivity index (χ0) is 11.3. The van der Waals surface area contributed by atoms with Crippen molar-refractivity contribution in [3.05, 3.63) is 0 Å². The van der Waals surface area contributed by atoms with Gasteiger partial charge in [-0.2, -0.15) is 0 Å². The van der Waals surface area contributed by atoms with Gasteiger partial charge in [0.05, 0.1) is 11.7 Å². The van der Waals surface area contributed by atoms with Crippen LogP contribution in [0.5, 0.6) is 0 Å². The summed E-state index contributed by atoms with van der Waals surface area (Å²) in [6.07, 6.45) is 4.99. The third-order valence-corrected chi connectivity index (χ3v) is 3.51. The molecule has 15 heavy (non-hydrogen) atoms. The van der Waals surface area contributed by atoms with E-state index in [9.17, 15) is 5.11 Å². The van der Waals surface area contributed by atoms with Crippen molar-refractivity contribution in [3.63, 3.8) is 0 Å². The second-order valence-electron chi connectivity index (χ2n) is 5.06. The van der Waals surface area contributed by atoms with Crippen LogP contribution in [-0.2, 0) is 0 Å². The lowest BCUT2D eigenvalue weighted by molar-refractivity contribution is -0.0101. The summed E-state index contributed by atoms with van der Waals surface area (Å²) in [6, 6.07) is 0. The molecular formula is C12H25NO2. The molecule has 3 nitrogen and oxygen atoms in total. The van der Waals surface area contributed by atoms with E-state index in [0.29, 0.717) is 13.1 Å². The van der Waals surface area contributed by atoms with Gasteiger partial charge in [0.1, 0.15) is 0 Å². The summed E-state index contributed by atoms with van der Waals surface area (Å²) in [5, 5.41) is 22.5. The highest BCUT2D eigenvalue weighted by Gasteiger charge is 2.32. The van der Waals surface area contributed by atoms with Gasteiger partial charge in [0.15, 0.2) is 0 Å². The van der Waals surface area contributed by atoms with Crippen LogP contribution in [0.3, 0.4) is 0 Å². The van der Waals surface area contributed by atoms with Gasteiger partial charge in [-0.25, -0.2) is 0 Å². The molecular weight excluding hydrogens is 190 g/mol. The molecule has 1 aliphatic carbocycles. The van der Waals surface area contributed by atoms with Crippen LogP contribution in [0.2, 0.25) is 0 Å². The minimum atomic E-state index is -0.527. The summed E-state index contributed by atoms with van der Waals surface area (Å²) in [5.41, 5.74) is -0.527. The Hall–Kier alpha value is -0.120. The van der Waals surface area contributed by atoms with E-state index in [-0.39, 0.29) is 6.10 Å². The zero-order valence-corrected chi connectivity index (χ0v) is 10.00. The molecule has 0 heterocycles. The molecule has 1 aliphatic rings. The van der Waals surface area contributed by atoms with E-state index in [1.165, 1.54) is 6.42 Å². The molecule has 0 aromatic carbocycles. The smallest absolute Gasteiger partial charge is 0.0771 e. The number of rotatable bonds is 5. The SMILES string of the molecule is CCC1CCC(O)(CNC[C@H](C)O)CC1. The van der Waals surface area contributed by atoms with Crippen molar-refractivity contribution in [1.82, 2.24) is 5.32 Å². The molecule has 1 atom stereocenters. The first-order chi connectivity index (χ1) is 7.06. The lowest BCUT2D eigenvalue weighted by Gasteiger charge is -2.36. The highest BCUT2D eigenvalue weighted by molar-refractivity contribution is 4.87. The van der Waals surface area contributed by atoms with Crippen LogP contribution in [0, 0.1) is 5.92 Å². The maximum absolute atomic E-state index is 10.3. The van der Waals surface area contributed by atoms with Crippen LogP contribution in [0.15, 0.2) is 0 Å². The summed E-state index contributed by atoms with van der Waals surface area (Å²) in [7, 11) is 0. The van der Waals surface area contributed by atoms with Gasteiger partial charge in [-0.3, -0.25) is 0 Å². The van der Waals surface area contributed by atoms with Crippen LogP contribution in [0.25, 0.3) is 0 Å². The zero-order valence-electron chi connectivity index (χ0n) is 10.00. The molecule has 3 heteroatoms. The fraction of sp³-hybridized carbons (Fsp3) is 1.00. The van der Waals surface area contributed by atoms with Crippen molar-refractivity contribution >= 4 is 0 Å².